The van der Waals surface area contributed by atoms with Gasteiger partial charge in [-0.15, -0.1) is 0 Å². The molecule has 4 atom stereocenters. The van der Waals surface area contributed by atoms with Gasteiger partial charge in [0.2, 0.25) is 17.6 Å². The van der Waals surface area contributed by atoms with Crippen LogP contribution in [0.4, 0.5) is 9.59 Å². The molecule has 2 aliphatic heterocycles. The number of ether oxygens (including phenoxy) is 4. The zero-order valence-electron chi connectivity index (χ0n) is 37.1. The summed E-state index contributed by atoms with van der Waals surface area (Å²) in [6, 6.07) is 8.69. The van der Waals surface area contributed by atoms with Crippen LogP contribution < -0.4 is 10.6 Å². The van der Waals surface area contributed by atoms with E-state index < -0.39 is 78.1 Å². The van der Waals surface area contributed by atoms with Gasteiger partial charge in [0.1, 0.15) is 23.2 Å². The van der Waals surface area contributed by atoms with Crippen molar-refractivity contribution in [3.8, 4) is 11.1 Å². The molecule has 4 amide bonds. The Balaban J connectivity index is 1.23. The highest BCUT2D eigenvalue weighted by molar-refractivity contribution is 6.02. The van der Waals surface area contributed by atoms with Crippen molar-refractivity contribution in [2.24, 2.45) is 11.8 Å². The maximum Gasteiger partial charge on any atom is 0.407 e. The second kappa shape index (κ2) is 19.9. The second-order valence-electron chi connectivity index (χ2n) is 17.4. The lowest BCUT2D eigenvalue weighted by molar-refractivity contribution is -0.160. The largest absolute Gasteiger partial charge is 0.456 e. The molecule has 336 valence electrons. The molecule has 5 rings (SSSR count). The number of benzene rings is 2. The number of hydrogen-bond donors (Lipinski definition) is 2. The smallest absolute Gasteiger partial charge is 0.407 e. The topological polar surface area (TPSA) is 204 Å². The Bertz CT molecular complexity index is 2070. The van der Waals surface area contributed by atoms with Gasteiger partial charge in [0.25, 0.3) is 0 Å². The quantitative estimate of drug-likeness (QED) is 0.135. The van der Waals surface area contributed by atoms with Crippen molar-refractivity contribution in [3.63, 3.8) is 0 Å². The minimum atomic E-state index is -1.32. The van der Waals surface area contributed by atoms with Gasteiger partial charge in [-0.05, 0) is 99.3 Å². The normalized spacial score (nSPS) is 20.5. The van der Waals surface area contributed by atoms with Gasteiger partial charge in [-0.1, -0.05) is 64.1 Å². The minimum absolute atomic E-state index is 0.280. The van der Waals surface area contributed by atoms with E-state index in [1.54, 1.807) is 59.7 Å². The van der Waals surface area contributed by atoms with Gasteiger partial charge in [0.05, 0.1) is 14.2 Å². The average molecular weight is 861 g/mol. The maximum atomic E-state index is 13.7. The van der Waals surface area contributed by atoms with E-state index in [-0.39, 0.29) is 17.6 Å². The van der Waals surface area contributed by atoms with E-state index in [9.17, 15) is 38.4 Å². The summed E-state index contributed by atoms with van der Waals surface area (Å²) in [5.41, 5.74) is 1.77. The number of amides is 4. The van der Waals surface area contributed by atoms with E-state index in [1.807, 2.05) is 18.2 Å². The number of carbonyl (C=O) groups is 8. The molecule has 1 aliphatic carbocycles. The lowest BCUT2D eigenvalue weighted by atomic mass is 9.82. The molecule has 2 aromatic carbocycles. The van der Waals surface area contributed by atoms with Crippen molar-refractivity contribution in [1.82, 2.24) is 20.4 Å². The fraction of sp³-hybridized carbons (Fsp3) is 0.565. The van der Waals surface area contributed by atoms with Crippen LogP contribution in [0, 0.1) is 11.8 Å². The average Bonchev–Trinajstić information content (AvgIpc) is 3.87. The molecule has 0 saturated carbocycles. The third kappa shape index (κ3) is 9.94. The van der Waals surface area contributed by atoms with Gasteiger partial charge in [0, 0.05) is 24.2 Å². The minimum Gasteiger partial charge on any atom is -0.456 e. The summed E-state index contributed by atoms with van der Waals surface area (Å²) in [4.78, 5) is 108. The van der Waals surface area contributed by atoms with Crippen LogP contribution in [0.3, 0.4) is 0 Å². The molecule has 3 aliphatic rings. The molecular formula is C46H60N4O12. The lowest BCUT2D eigenvalue weighted by Crippen LogP contribution is -2.58. The second-order valence-corrected chi connectivity index (χ2v) is 17.4. The van der Waals surface area contributed by atoms with Crippen LogP contribution in [0.2, 0.25) is 0 Å². The van der Waals surface area contributed by atoms with Gasteiger partial charge in [-0.3, -0.25) is 19.2 Å². The third-order valence-corrected chi connectivity index (χ3v) is 12.5. The molecule has 0 radical (unpaired) electrons. The van der Waals surface area contributed by atoms with Crippen LogP contribution in [0.25, 0.3) is 11.1 Å². The summed E-state index contributed by atoms with van der Waals surface area (Å²) in [6.07, 6.45) is 3.43. The third-order valence-electron chi connectivity index (χ3n) is 12.5. The first kappa shape index (κ1) is 47.3. The van der Waals surface area contributed by atoms with E-state index in [4.69, 9.17) is 14.2 Å². The predicted molar refractivity (Wildman–Crippen MR) is 226 cm³/mol. The van der Waals surface area contributed by atoms with Crippen molar-refractivity contribution in [2.75, 3.05) is 40.5 Å². The highest BCUT2D eigenvalue weighted by Crippen LogP contribution is 2.36. The van der Waals surface area contributed by atoms with E-state index in [1.165, 1.54) is 24.0 Å². The Hall–Kier alpha value is -5.80. The lowest BCUT2D eigenvalue weighted by Gasteiger charge is -2.36. The first-order chi connectivity index (χ1) is 29.4. The highest BCUT2D eigenvalue weighted by Gasteiger charge is 2.50. The summed E-state index contributed by atoms with van der Waals surface area (Å²) in [7, 11) is 2.41. The molecular weight excluding hydrogens is 801 g/mol. The molecule has 2 aromatic rings. The van der Waals surface area contributed by atoms with Gasteiger partial charge < -0.3 is 39.4 Å². The van der Waals surface area contributed by atoms with Gasteiger partial charge in [-0.2, -0.15) is 0 Å². The van der Waals surface area contributed by atoms with E-state index in [0.29, 0.717) is 56.3 Å². The van der Waals surface area contributed by atoms with Crippen molar-refractivity contribution in [3.05, 3.63) is 58.7 Å². The molecule has 16 heteroatoms. The summed E-state index contributed by atoms with van der Waals surface area (Å²) in [6.45, 7) is 9.89. The zero-order chi connectivity index (χ0) is 45.5. The number of ketones is 2. The number of alkyl carbamates (subject to hydrolysis) is 2. The Kier molecular flexibility index (Phi) is 15.2. The van der Waals surface area contributed by atoms with Crippen LogP contribution in [-0.4, -0.2) is 121 Å². The van der Waals surface area contributed by atoms with Crippen molar-refractivity contribution >= 4 is 47.5 Å². The number of nitrogens with zero attached hydrogens (tertiary/aromatic N) is 2. The Morgan fingerprint density at radius 2 is 1.06 bits per heavy atom. The molecule has 0 bridgehead atoms. The molecule has 2 N–H and O–H groups in total. The zero-order valence-corrected chi connectivity index (χ0v) is 37.1. The van der Waals surface area contributed by atoms with E-state index in [2.05, 4.69) is 15.4 Å². The molecule has 62 heavy (non-hydrogen) atoms. The van der Waals surface area contributed by atoms with E-state index in [0.717, 1.165) is 41.5 Å². The number of hydrogen-bond acceptors (Lipinski definition) is 12. The number of fused-ring (bicyclic) bond motifs is 1. The molecule has 2 saturated heterocycles. The number of esters is 2. The number of methoxy groups -OCH3 is 2. The van der Waals surface area contributed by atoms with Crippen molar-refractivity contribution in [2.45, 2.75) is 116 Å². The summed E-state index contributed by atoms with van der Waals surface area (Å²) < 4.78 is 20.5. The number of nitrogens with one attached hydrogen (secondary N) is 2. The van der Waals surface area contributed by atoms with Crippen LogP contribution in [0.15, 0.2) is 36.4 Å². The molecule has 0 spiro atoms. The Labute approximate surface area is 362 Å². The Morgan fingerprint density at radius 1 is 0.613 bits per heavy atom. The van der Waals surface area contributed by atoms with Gasteiger partial charge in [0.15, 0.2) is 19.0 Å². The standard InChI is InChI=1S/C46H60N4O12/c1-27(2)37(47-43(57)59-7)39(53)49-23-11-21-45(49,5)41(55)61-25-35(51)30-17-15-29(16-18-30)31-19-20-34(33-14-10-9-13-32(31)33)36(52)26-62-42(56)46(6)22-12-24-50(46)40(54)38(28(3)4)48-44(58)60-8/h15-20,27-28,37-38H,9-14,21-26H2,1-8H3,(H,47,57)(H,48,58). The summed E-state index contributed by atoms with van der Waals surface area (Å²) in [5.74, 6) is -3.61. The number of rotatable bonds is 15. The monoisotopic (exact) mass is 860 g/mol. The molecule has 0 aromatic heterocycles. The first-order valence-corrected chi connectivity index (χ1v) is 21.4. The molecule has 4 unspecified atom stereocenters. The van der Waals surface area contributed by atoms with Crippen LogP contribution in [0.5, 0.6) is 0 Å². The number of Topliss-reactive ketones (excluding diaryl/α,β-unsaturated/α-hetero) is 2. The molecule has 2 fully saturated rings. The number of carbonyl (C=O) groups excluding carboxylic acids is 8. The summed E-state index contributed by atoms with van der Waals surface area (Å²) >= 11 is 0. The first-order valence-electron chi connectivity index (χ1n) is 21.4. The Morgan fingerprint density at radius 3 is 1.52 bits per heavy atom. The maximum absolute atomic E-state index is 13.7. The van der Waals surface area contributed by atoms with Crippen molar-refractivity contribution in [1.29, 1.82) is 0 Å². The molecule has 16 nitrogen and oxygen atoms in total. The van der Waals surface area contributed by atoms with Gasteiger partial charge >= 0.3 is 24.1 Å². The van der Waals surface area contributed by atoms with Crippen molar-refractivity contribution < 1.29 is 57.3 Å². The van der Waals surface area contributed by atoms with Gasteiger partial charge in [-0.25, -0.2) is 19.2 Å². The molecule has 2 heterocycles. The van der Waals surface area contributed by atoms with E-state index >= 15 is 0 Å². The fourth-order valence-corrected chi connectivity index (χ4v) is 8.76. The number of likely N-dealkylation sites (tertiary alicyclic amines) is 2. The van der Waals surface area contributed by atoms with Crippen LogP contribution in [0.1, 0.15) is 112 Å². The fourth-order valence-electron chi connectivity index (χ4n) is 8.76. The van der Waals surface area contributed by atoms with Crippen LogP contribution in [-0.2, 0) is 51.0 Å². The van der Waals surface area contributed by atoms with Crippen LogP contribution >= 0.6 is 0 Å². The highest BCUT2D eigenvalue weighted by atomic mass is 16.6. The SMILES string of the molecule is COC(=O)NC(C(=O)N1CCCC1(C)C(=O)OCC(=O)c1ccc(-c2ccc(C(=O)COC(=O)C3(C)CCCN3C(=O)C(NC(=O)OC)C(C)C)c3c2CCCC3)cc1)C(C)C. The summed E-state index contributed by atoms with van der Waals surface area (Å²) in [5, 5.41) is 5.12. The predicted octanol–water partition coefficient (Wildman–Crippen LogP) is 5.21.